The van der Waals surface area contributed by atoms with Crippen LogP contribution in [-0.4, -0.2) is 60.6 Å². The number of likely N-dealkylation sites (N-methyl/N-ethyl adjacent to an activating group) is 1. The highest BCUT2D eigenvalue weighted by molar-refractivity contribution is 6.05. The maximum Gasteiger partial charge on any atom is 0.258 e. The predicted molar refractivity (Wildman–Crippen MR) is 134 cm³/mol. The minimum absolute atomic E-state index is 0.0400. The number of hydrogen-bond donors (Lipinski definition) is 1. The number of rotatable bonds is 5. The summed E-state index contributed by atoms with van der Waals surface area (Å²) in [6.07, 6.45) is 0. The second kappa shape index (κ2) is 9.77. The van der Waals surface area contributed by atoms with Crippen molar-refractivity contribution in [1.29, 1.82) is 0 Å². The first-order valence-electron chi connectivity index (χ1n) is 11.5. The van der Waals surface area contributed by atoms with E-state index >= 15 is 0 Å². The number of phenols is 1. The molecule has 5 heteroatoms. The van der Waals surface area contributed by atoms with E-state index in [0.29, 0.717) is 11.6 Å². The van der Waals surface area contributed by atoms with Crippen LogP contribution in [0.4, 0.5) is 5.69 Å². The summed E-state index contributed by atoms with van der Waals surface area (Å²) in [6, 6.07) is 23.7. The second-order valence-corrected chi connectivity index (χ2v) is 9.17. The number of hydrogen-bond acceptors (Lipinski definition) is 4. The Morgan fingerprint density at radius 3 is 2.33 bits per heavy atom. The molecule has 33 heavy (non-hydrogen) atoms. The summed E-state index contributed by atoms with van der Waals surface area (Å²) in [6.45, 7) is 7.15. The molecule has 1 heterocycles. The predicted octanol–water partition coefficient (Wildman–Crippen LogP) is 4.70. The SMILES string of the molecule is Cc1ccc(N(C)C(=O)c2cccc(C(c3cccc(O)c3)N3CCN(C)CC3C)c2)cc1. The van der Waals surface area contributed by atoms with Gasteiger partial charge in [-0.25, -0.2) is 0 Å². The van der Waals surface area contributed by atoms with Crippen LogP contribution in [0.2, 0.25) is 0 Å². The molecule has 2 unspecified atom stereocenters. The number of aryl methyl sites for hydroxylation is 1. The van der Waals surface area contributed by atoms with Crippen LogP contribution < -0.4 is 4.90 Å². The van der Waals surface area contributed by atoms with E-state index in [9.17, 15) is 9.90 Å². The lowest BCUT2D eigenvalue weighted by atomic mass is 9.93. The fourth-order valence-electron chi connectivity index (χ4n) is 4.73. The molecule has 1 amide bonds. The van der Waals surface area contributed by atoms with E-state index in [1.165, 1.54) is 0 Å². The smallest absolute Gasteiger partial charge is 0.258 e. The van der Waals surface area contributed by atoms with Crippen LogP contribution in [0.1, 0.15) is 40.0 Å². The quantitative estimate of drug-likeness (QED) is 0.621. The molecule has 4 rings (SSSR count). The Morgan fingerprint density at radius 2 is 1.67 bits per heavy atom. The molecule has 3 aromatic rings. The van der Waals surface area contributed by atoms with Gasteiger partial charge in [-0.3, -0.25) is 9.69 Å². The molecule has 0 spiro atoms. The number of anilines is 1. The third-order valence-corrected chi connectivity index (χ3v) is 6.57. The number of nitrogens with zero attached hydrogens (tertiary/aromatic N) is 3. The maximum atomic E-state index is 13.3. The van der Waals surface area contributed by atoms with E-state index in [-0.39, 0.29) is 17.7 Å². The van der Waals surface area contributed by atoms with Gasteiger partial charge >= 0.3 is 0 Å². The van der Waals surface area contributed by atoms with E-state index < -0.39 is 0 Å². The van der Waals surface area contributed by atoms with Gasteiger partial charge in [0.15, 0.2) is 0 Å². The van der Waals surface area contributed by atoms with Gasteiger partial charge in [-0.2, -0.15) is 0 Å². The molecule has 0 aliphatic carbocycles. The maximum absolute atomic E-state index is 13.3. The molecule has 0 radical (unpaired) electrons. The fourth-order valence-corrected chi connectivity index (χ4v) is 4.73. The molecule has 0 aromatic heterocycles. The zero-order chi connectivity index (χ0) is 23.5. The summed E-state index contributed by atoms with van der Waals surface area (Å²) in [5.74, 6) is 0.215. The zero-order valence-electron chi connectivity index (χ0n) is 19.9. The number of benzene rings is 3. The molecule has 172 valence electrons. The highest BCUT2D eigenvalue weighted by Gasteiger charge is 2.31. The lowest BCUT2D eigenvalue weighted by Gasteiger charge is -2.43. The van der Waals surface area contributed by atoms with Crippen molar-refractivity contribution >= 4 is 11.6 Å². The average molecular weight is 444 g/mol. The Bertz CT molecular complexity index is 1110. The number of amides is 1. The van der Waals surface area contributed by atoms with E-state index in [1.54, 1.807) is 11.0 Å². The Labute approximate surface area is 196 Å². The normalized spacial score (nSPS) is 18.1. The second-order valence-electron chi connectivity index (χ2n) is 9.17. The number of carbonyl (C=O) groups excluding carboxylic acids is 1. The monoisotopic (exact) mass is 443 g/mol. The Morgan fingerprint density at radius 1 is 1.00 bits per heavy atom. The van der Waals surface area contributed by atoms with Crippen molar-refractivity contribution in [3.63, 3.8) is 0 Å². The topological polar surface area (TPSA) is 47.0 Å². The van der Waals surface area contributed by atoms with Gasteiger partial charge in [0.05, 0.1) is 6.04 Å². The molecule has 5 nitrogen and oxygen atoms in total. The molecule has 0 saturated carbocycles. The third kappa shape index (κ3) is 5.10. The van der Waals surface area contributed by atoms with Gasteiger partial charge in [-0.15, -0.1) is 0 Å². The molecule has 1 aliphatic rings. The Balaban J connectivity index is 1.70. The van der Waals surface area contributed by atoms with Gasteiger partial charge in [0.1, 0.15) is 5.75 Å². The van der Waals surface area contributed by atoms with E-state index in [1.807, 2.05) is 68.6 Å². The number of phenolic OH excluding ortho intramolecular Hbond substituents is 1. The summed E-state index contributed by atoms with van der Waals surface area (Å²) < 4.78 is 0. The number of carbonyl (C=O) groups is 1. The summed E-state index contributed by atoms with van der Waals surface area (Å²) in [5.41, 5.74) is 4.77. The Hall–Kier alpha value is -3.15. The first-order chi connectivity index (χ1) is 15.8. The summed E-state index contributed by atoms with van der Waals surface area (Å²) in [4.78, 5) is 19.9. The van der Waals surface area contributed by atoms with Crippen molar-refractivity contribution in [1.82, 2.24) is 9.80 Å². The van der Waals surface area contributed by atoms with Crippen molar-refractivity contribution in [3.05, 3.63) is 95.1 Å². The number of aromatic hydroxyl groups is 1. The van der Waals surface area contributed by atoms with Crippen molar-refractivity contribution < 1.29 is 9.90 Å². The van der Waals surface area contributed by atoms with Crippen LogP contribution in [0, 0.1) is 6.92 Å². The van der Waals surface area contributed by atoms with Crippen LogP contribution in [-0.2, 0) is 0 Å². The largest absolute Gasteiger partial charge is 0.508 e. The van der Waals surface area contributed by atoms with Gasteiger partial charge in [0.25, 0.3) is 5.91 Å². The molecular formula is C28H33N3O2. The molecule has 1 fully saturated rings. The molecular weight excluding hydrogens is 410 g/mol. The summed E-state index contributed by atoms with van der Waals surface area (Å²) in [5, 5.41) is 10.2. The fraction of sp³-hybridized carbons (Fsp3) is 0.321. The van der Waals surface area contributed by atoms with Crippen LogP contribution in [0.15, 0.2) is 72.8 Å². The van der Waals surface area contributed by atoms with Crippen molar-refractivity contribution in [2.24, 2.45) is 0 Å². The Kier molecular flexibility index (Phi) is 6.82. The lowest BCUT2D eigenvalue weighted by molar-refractivity contribution is 0.0746. The van der Waals surface area contributed by atoms with Gasteiger partial charge in [0, 0.05) is 44.0 Å². The first-order valence-corrected chi connectivity index (χ1v) is 11.5. The van der Waals surface area contributed by atoms with Gasteiger partial charge < -0.3 is 14.9 Å². The molecule has 1 saturated heterocycles. The van der Waals surface area contributed by atoms with E-state index in [4.69, 9.17) is 0 Å². The van der Waals surface area contributed by atoms with Gasteiger partial charge in [-0.1, -0.05) is 42.0 Å². The van der Waals surface area contributed by atoms with Crippen molar-refractivity contribution in [2.45, 2.75) is 25.9 Å². The summed E-state index contributed by atoms with van der Waals surface area (Å²) >= 11 is 0. The minimum atomic E-state index is -0.0433. The standard InChI is InChI=1S/C28H33N3O2/c1-20-11-13-25(14-12-20)30(4)28(33)24-9-5-7-22(17-24)27(23-8-6-10-26(32)18-23)31-16-15-29(3)19-21(31)2/h5-14,17-18,21,27,32H,15-16,19H2,1-4H3. The highest BCUT2D eigenvalue weighted by Crippen LogP contribution is 2.34. The molecule has 3 aromatic carbocycles. The van der Waals surface area contributed by atoms with Crippen molar-refractivity contribution in [2.75, 3.05) is 38.6 Å². The zero-order valence-corrected chi connectivity index (χ0v) is 19.9. The number of piperazine rings is 1. The first kappa shape index (κ1) is 23.0. The molecule has 2 atom stereocenters. The molecule has 1 aliphatic heterocycles. The minimum Gasteiger partial charge on any atom is -0.508 e. The lowest BCUT2D eigenvalue weighted by Crippen LogP contribution is -2.51. The van der Waals surface area contributed by atoms with Gasteiger partial charge in [-0.05, 0) is 68.4 Å². The van der Waals surface area contributed by atoms with E-state index in [0.717, 1.165) is 42.0 Å². The highest BCUT2D eigenvalue weighted by atomic mass is 16.3. The van der Waals surface area contributed by atoms with Crippen LogP contribution in [0.3, 0.4) is 0 Å². The van der Waals surface area contributed by atoms with Crippen LogP contribution >= 0.6 is 0 Å². The van der Waals surface area contributed by atoms with Crippen LogP contribution in [0.5, 0.6) is 5.75 Å². The molecule has 0 bridgehead atoms. The van der Waals surface area contributed by atoms with E-state index in [2.05, 4.69) is 35.9 Å². The van der Waals surface area contributed by atoms with Crippen molar-refractivity contribution in [3.8, 4) is 5.75 Å². The van der Waals surface area contributed by atoms with Gasteiger partial charge in [0.2, 0.25) is 0 Å². The third-order valence-electron chi connectivity index (χ3n) is 6.57. The summed E-state index contributed by atoms with van der Waals surface area (Å²) in [7, 11) is 3.96. The molecule has 1 N–H and O–H groups in total. The van der Waals surface area contributed by atoms with Crippen LogP contribution in [0.25, 0.3) is 0 Å². The average Bonchev–Trinajstić information content (AvgIpc) is 2.80.